The van der Waals surface area contributed by atoms with E-state index in [1.807, 2.05) is 0 Å². The monoisotopic (exact) mass is 330 g/mol. The summed E-state index contributed by atoms with van der Waals surface area (Å²) in [7, 11) is 0. The van der Waals surface area contributed by atoms with Crippen LogP contribution < -0.4 is 10.5 Å². The number of ether oxygens (including phenoxy) is 1. The zero-order chi connectivity index (χ0) is 17.2. The van der Waals surface area contributed by atoms with E-state index in [0.717, 1.165) is 30.3 Å². The minimum atomic E-state index is -4.83. The van der Waals surface area contributed by atoms with Gasteiger partial charge in [-0.2, -0.15) is 0 Å². The quantitative estimate of drug-likeness (QED) is 0.527. The predicted molar refractivity (Wildman–Crippen MR) is 72.2 cm³/mol. The molecule has 0 heterocycles. The zero-order valence-corrected chi connectivity index (χ0v) is 11.4. The molecular weight excluding hydrogens is 320 g/mol. The zero-order valence-electron chi connectivity index (χ0n) is 11.4. The van der Waals surface area contributed by atoms with Gasteiger partial charge in [-0.1, -0.05) is 12.1 Å². The summed E-state index contributed by atoms with van der Waals surface area (Å²) in [6.45, 7) is 0. The van der Waals surface area contributed by atoms with Crippen LogP contribution in [0.5, 0.6) is 5.75 Å². The minimum absolute atomic E-state index is 0.0838. The molecule has 2 N–H and O–H groups in total. The summed E-state index contributed by atoms with van der Waals surface area (Å²) < 4.78 is 53.3. The van der Waals surface area contributed by atoms with Gasteiger partial charge in [-0.25, -0.2) is 4.39 Å². The highest BCUT2D eigenvalue weighted by Crippen LogP contribution is 2.30. The van der Waals surface area contributed by atoms with Crippen molar-refractivity contribution in [3.63, 3.8) is 0 Å². The number of rotatable bonds is 4. The van der Waals surface area contributed by atoms with Crippen LogP contribution in [0.25, 0.3) is 0 Å². The van der Waals surface area contributed by atoms with Gasteiger partial charge < -0.3 is 10.5 Å². The fourth-order valence-electron chi connectivity index (χ4n) is 2.00. The molecule has 0 aromatic heterocycles. The maximum atomic E-state index is 13.3. The van der Waals surface area contributed by atoms with Gasteiger partial charge in [0.2, 0.25) is 0 Å². The summed E-state index contributed by atoms with van der Waals surface area (Å²) in [6.07, 6.45) is -4.83. The van der Waals surface area contributed by atoms with Crippen LogP contribution in [0.3, 0.4) is 0 Å². The summed E-state index contributed by atoms with van der Waals surface area (Å²) in [5.74, 6) is -1.17. The fourth-order valence-corrected chi connectivity index (χ4v) is 2.00. The van der Waals surface area contributed by atoms with Crippen LogP contribution in [-0.2, 0) is 0 Å². The van der Waals surface area contributed by atoms with Gasteiger partial charge in [-0.3, -0.25) is 10.1 Å². The maximum Gasteiger partial charge on any atom is 0.573 e. The molecule has 0 aliphatic rings. The molecule has 0 radical (unpaired) electrons. The molecule has 0 bridgehead atoms. The number of halogens is 4. The van der Waals surface area contributed by atoms with Gasteiger partial charge in [-0.05, 0) is 29.8 Å². The van der Waals surface area contributed by atoms with Crippen LogP contribution in [-0.4, -0.2) is 11.3 Å². The average molecular weight is 330 g/mol. The van der Waals surface area contributed by atoms with Crippen LogP contribution >= 0.6 is 0 Å². The number of nitro benzene ring substituents is 1. The van der Waals surface area contributed by atoms with E-state index in [1.54, 1.807) is 0 Å². The highest BCUT2D eigenvalue weighted by atomic mass is 19.4. The molecule has 0 spiro atoms. The predicted octanol–water partition coefficient (Wildman–Crippen LogP) is 3.68. The second-order valence-electron chi connectivity index (χ2n) is 4.55. The molecular formula is C14H10F4N2O3. The first kappa shape index (κ1) is 16.7. The smallest absolute Gasteiger partial charge is 0.406 e. The first-order valence-corrected chi connectivity index (χ1v) is 6.22. The van der Waals surface area contributed by atoms with Gasteiger partial charge in [0.15, 0.2) is 0 Å². The minimum Gasteiger partial charge on any atom is -0.406 e. The van der Waals surface area contributed by atoms with Crippen molar-refractivity contribution in [1.82, 2.24) is 0 Å². The first-order chi connectivity index (χ1) is 10.7. The van der Waals surface area contributed by atoms with Crippen LogP contribution in [0.2, 0.25) is 0 Å². The molecule has 0 aliphatic heterocycles. The Morgan fingerprint density at radius 2 is 1.74 bits per heavy atom. The molecule has 122 valence electrons. The number of hydrogen-bond donors (Lipinski definition) is 1. The molecule has 2 aromatic carbocycles. The summed E-state index contributed by atoms with van der Waals surface area (Å²) in [5.41, 5.74) is 5.67. The fraction of sp³-hybridized carbons (Fsp3) is 0.143. The van der Waals surface area contributed by atoms with Gasteiger partial charge in [0.05, 0.1) is 16.5 Å². The Morgan fingerprint density at radius 3 is 2.26 bits per heavy atom. The van der Waals surface area contributed by atoms with E-state index in [1.165, 1.54) is 12.1 Å². The second kappa shape index (κ2) is 6.21. The van der Waals surface area contributed by atoms with Crippen molar-refractivity contribution >= 4 is 5.69 Å². The van der Waals surface area contributed by atoms with Crippen LogP contribution in [0.15, 0.2) is 42.5 Å². The Morgan fingerprint density at radius 1 is 1.13 bits per heavy atom. The number of alkyl halides is 3. The van der Waals surface area contributed by atoms with Crippen LogP contribution in [0.1, 0.15) is 17.2 Å². The van der Waals surface area contributed by atoms with Crippen molar-refractivity contribution in [2.45, 2.75) is 12.4 Å². The Labute approximate surface area is 127 Å². The Bertz CT molecular complexity index is 717. The topological polar surface area (TPSA) is 78.4 Å². The van der Waals surface area contributed by atoms with Crippen molar-refractivity contribution in [2.24, 2.45) is 5.73 Å². The summed E-state index contributed by atoms with van der Waals surface area (Å²) >= 11 is 0. The van der Waals surface area contributed by atoms with Crippen molar-refractivity contribution in [2.75, 3.05) is 0 Å². The van der Waals surface area contributed by atoms with E-state index in [9.17, 15) is 27.7 Å². The van der Waals surface area contributed by atoms with Crippen LogP contribution in [0, 0.1) is 15.9 Å². The summed E-state index contributed by atoms with van der Waals surface area (Å²) in [4.78, 5) is 10.2. The van der Waals surface area contributed by atoms with E-state index in [-0.39, 0.29) is 16.8 Å². The molecule has 0 fully saturated rings. The van der Waals surface area contributed by atoms with E-state index >= 15 is 0 Å². The molecule has 0 saturated carbocycles. The van der Waals surface area contributed by atoms with Crippen molar-refractivity contribution < 1.29 is 27.2 Å². The highest BCUT2D eigenvalue weighted by Gasteiger charge is 2.31. The SMILES string of the molecule is N[C@@H](c1ccc(OC(F)(F)F)cc1)c1cc(F)ccc1[N+](=O)[O-]. The van der Waals surface area contributed by atoms with Crippen LogP contribution in [0.4, 0.5) is 23.2 Å². The van der Waals surface area contributed by atoms with E-state index in [0.29, 0.717) is 0 Å². The van der Waals surface area contributed by atoms with Gasteiger partial charge in [-0.15, -0.1) is 13.2 Å². The summed E-state index contributed by atoms with van der Waals surface area (Å²) in [6, 6.07) is 6.23. The lowest BCUT2D eigenvalue weighted by molar-refractivity contribution is -0.385. The van der Waals surface area contributed by atoms with E-state index in [2.05, 4.69) is 4.74 Å². The normalized spacial score (nSPS) is 12.7. The lowest BCUT2D eigenvalue weighted by Crippen LogP contribution is -2.17. The van der Waals surface area contributed by atoms with Crippen molar-refractivity contribution in [1.29, 1.82) is 0 Å². The Hall–Kier alpha value is -2.68. The van der Waals surface area contributed by atoms with E-state index in [4.69, 9.17) is 5.73 Å². The highest BCUT2D eigenvalue weighted by molar-refractivity contribution is 5.47. The lowest BCUT2D eigenvalue weighted by Gasteiger charge is -2.14. The third-order valence-electron chi connectivity index (χ3n) is 2.99. The van der Waals surface area contributed by atoms with E-state index < -0.39 is 28.9 Å². The largest absolute Gasteiger partial charge is 0.573 e. The van der Waals surface area contributed by atoms with Gasteiger partial charge in [0, 0.05) is 6.07 Å². The standard InChI is InChI=1S/C14H10F4N2O3/c15-9-3-6-12(20(21)22)11(7-9)13(19)8-1-4-10(5-2-8)23-14(16,17)18/h1-7,13H,19H2/t13-/m0/s1. The molecule has 0 amide bonds. The third kappa shape index (κ3) is 4.16. The molecule has 2 aromatic rings. The number of benzene rings is 2. The molecule has 2 rings (SSSR count). The molecule has 0 aliphatic carbocycles. The number of hydrogen-bond acceptors (Lipinski definition) is 4. The summed E-state index contributed by atoms with van der Waals surface area (Å²) in [5, 5.41) is 11.0. The molecule has 0 unspecified atom stereocenters. The average Bonchev–Trinajstić information content (AvgIpc) is 2.45. The maximum absolute atomic E-state index is 13.3. The lowest BCUT2D eigenvalue weighted by atomic mass is 9.98. The third-order valence-corrected chi connectivity index (χ3v) is 2.99. The van der Waals surface area contributed by atoms with Crippen molar-refractivity contribution in [3.8, 4) is 5.75 Å². The molecule has 1 atom stereocenters. The second-order valence-corrected chi connectivity index (χ2v) is 4.55. The van der Waals surface area contributed by atoms with Crippen molar-refractivity contribution in [3.05, 3.63) is 69.5 Å². The molecule has 9 heteroatoms. The molecule has 0 saturated heterocycles. The Kier molecular flexibility index (Phi) is 4.50. The molecule has 23 heavy (non-hydrogen) atoms. The van der Waals surface area contributed by atoms with Gasteiger partial charge in [0.1, 0.15) is 11.6 Å². The Balaban J connectivity index is 2.32. The first-order valence-electron chi connectivity index (χ1n) is 6.22. The molecule has 5 nitrogen and oxygen atoms in total. The number of nitrogens with two attached hydrogens (primary N) is 1. The van der Waals surface area contributed by atoms with Gasteiger partial charge in [0.25, 0.3) is 5.69 Å². The number of nitrogens with zero attached hydrogens (tertiary/aromatic N) is 1. The van der Waals surface area contributed by atoms with Gasteiger partial charge >= 0.3 is 6.36 Å². The number of nitro groups is 1.